The first-order valence-electron chi connectivity index (χ1n) is 7.87. The minimum atomic E-state index is 0.823. The normalized spacial score (nSPS) is 11.3. The van der Waals surface area contributed by atoms with E-state index in [9.17, 15) is 0 Å². The molecule has 2 N–H and O–H groups in total. The van der Waals surface area contributed by atoms with Gasteiger partial charge in [0, 0.05) is 33.9 Å². The molecule has 1 aromatic carbocycles. The van der Waals surface area contributed by atoms with Crippen LogP contribution in [0.25, 0.3) is 0 Å². The van der Waals surface area contributed by atoms with Crippen molar-refractivity contribution in [3.8, 4) is 5.75 Å². The first-order chi connectivity index (χ1) is 10.8. The number of nitrogens with zero attached hydrogens (tertiary/aromatic N) is 1. The summed E-state index contributed by atoms with van der Waals surface area (Å²) >= 11 is 0. The zero-order valence-electron chi connectivity index (χ0n) is 14.0. The van der Waals surface area contributed by atoms with Crippen molar-refractivity contribution in [3.05, 3.63) is 29.8 Å². The Labute approximate surface area is 134 Å². The summed E-state index contributed by atoms with van der Waals surface area (Å²) in [6.45, 7) is 2.59. The fourth-order valence-corrected chi connectivity index (χ4v) is 2.20. The Bertz CT molecular complexity index is 436. The van der Waals surface area contributed by atoms with Crippen molar-refractivity contribution in [2.45, 2.75) is 25.7 Å². The third-order valence-electron chi connectivity index (χ3n) is 3.42. The van der Waals surface area contributed by atoms with Gasteiger partial charge in [-0.15, -0.1) is 0 Å². The fraction of sp³-hybridized carbons (Fsp3) is 0.588. The van der Waals surface area contributed by atoms with Gasteiger partial charge in [-0.3, -0.25) is 4.99 Å². The van der Waals surface area contributed by atoms with Gasteiger partial charge in [-0.1, -0.05) is 18.2 Å². The van der Waals surface area contributed by atoms with Gasteiger partial charge in [-0.25, -0.2) is 0 Å². The van der Waals surface area contributed by atoms with Gasteiger partial charge in [0.2, 0.25) is 0 Å². The quantitative estimate of drug-likeness (QED) is 0.395. The molecular formula is C17H29N3O2. The maximum Gasteiger partial charge on any atom is 0.190 e. The van der Waals surface area contributed by atoms with Crippen molar-refractivity contribution in [2.75, 3.05) is 41.0 Å². The van der Waals surface area contributed by atoms with Crippen molar-refractivity contribution in [3.63, 3.8) is 0 Å². The molecule has 0 aliphatic heterocycles. The number of hydrogen-bond donors (Lipinski definition) is 2. The summed E-state index contributed by atoms with van der Waals surface area (Å²) in [4.78, 5) is 4.23. The number of benzene rings is 1. The van der Waals surface area contributed by atoms with Gasteiger partial charge in [0.1, 0.15) is 5.75 Å². The van der Waals surface area contributed by atoms with Crippen molar-refractivity contribution >= 4 is 5.96 Å². The Morgan fingerprint density at radius 3 is 2.55 bits per heavy atom. The van der Waals surface area contributed by atoms with Crippen molar-refractivity contribution in [1.82, 2.24) is 10.6 Å². The van der Waals surface area contributed by atoms with Crippen LogP contribution in [0.4, 0.5) is 0 Å². The van der Waals surface area contributed by atoms with Crippen LogP contribution in [-0.2, 0) is 11.2 Å². The van der Waals surface area contributed by atoms with Gasteiger partial charge >= 0.3 is 0 Å². The van der Waals surface area contributed by atoms with E-state index < -0.39 is 0 Å². The second-order valence-electron chi connectivity index (χ2n) is 5.04. The Hall–Kier alpha value is -1.75. The molecule has 1 aromatic rings. The van der Waals surface area contributed by atoms with Crippen molar-refractivity contribution < 1.29 is 9.47 Å². The van der Waals surface area contributed by atoms with Crippen LogP contribution in [0.3, 0.4) is 0 Å². The summed E-state index contributed by atoms with van der Waals surface area (Å²) < 4.78 is 10.4. The lowest BCUT2D eigenvalue weighted by Crippen LogP contribution is -2.38. The summed E-state index contributed by atoms with van der Waals surface area (Å²) in [5.41, 5.74) is 1.20. The zero-order valence-corrected chi connectivity index (χ0v) is 14.0. The molecule has 0 atom stereocenters. The van der Waals surface area contributed by atoms with Crippen molar-refractivity contribution in [1.29, 1.82) is 0 Å². The summed E-state index contributed by atoms with van der Waals surface area (Å²) in [6, 6.07) is 8.10. The van der Waals surface area contributed by atoms with E-state index in [1.165, 1.54) is 12.0 Å². The van der Waals surface area contributed by atoms with Gasteiger partial charge in [0.05, 0.1) is 7.11 Å². The molecule has 0 radical (unpaired) electrons. The molecule has 0 unspecified atom stereocenters. The summed E-state index contributed by atoms with van der Waals surface area (Å²) in [5.74, 6) is 1.78. The van der Waals surface area contributed by atoms with E-state index in [1.807, 2.05) is 18.2 Å². The topological polar surface area (TPSA) is 54.9 Å². The van der Waals surface area contributed by atoms with E-state index in [-0.39, 0.29) is 0 Å². The van der Waals surface area contributed by atoms with E-state index in [1.54, 1.807) is 21.3 Å². The average Bonchev–Trinajstić information content (AvgIpc) is 2.56. The number of methoxy groups -OCH3 is 2. The van der Waals surface area contributed by atoms with Crippen molar-refractivity contribution in [2.24, 2.45) is 4.99 Å². The molecule has 0 fully saturated rings. The van der Waals surface area contributed by atoms with Crippen LogP contribution < -0.4 is 15.4 Å². The summed E-state index contributed by atoms with van der Waals surface area (Å²) in [5, 5.41) is 6.66. The van der Waals surface area contributed by atoms with Crippen LogP contribution in [0.15, 0.2) is 29.3 Å². The first-order valence-corrected chi connectivity index (χ1v) is 7.87. The highest BCUT2D eigenvalue weighted by Crippen LogP contribution is 2.17. The second-order valence-corrected chi connectivity index (χ2v) is 5.04. The molecule has 0 bridgehead atoms. The highest BCUT2D eigenvalue weighted by Gasteiger charge is 2.02. The number of ether oxygens (including phenoxy) is 2. The highest BCUT2D eigenvalue weighted by molar-refractivity contribution is 5.79. The van der Waals surface area contributed by atoms with E-state index in [2.05, 4.69) is 21.7 Å². The molecule has 0 aliphatic carbocycles. The standard InChI is InChI=1S/C17H29N3O2/c1-18-17(19-12-7-4-8-14-21-2)20-13-11-15-9-5-6-10-16(15)22-3/h5-6,9-10H,4,7-8,11-14H2,1-3H3,(H2,18,19,20). The lowest BCUT2D eigenvalue weighted by Gasteiger charge is -2.13. The van der Waals surface area contributed by atoms with Crippen LogP contribution in [0.2, 0.25) is 0 Å². The fourth-order valence-electron chi connectivity index (χ4n) is 2.20. The monoisotopic (exact) mass is 307 g/mol. The average molecular weight is 307 g/mol. The third kappa shape index (κ3) is 7.31. The number of rotatable bonds is 10. The van der Waals surface area contributed by atoms with Gasteiger partial charge in [-0.2, -0.15) is 0 Å². The van der Waals surface area contributed by atoms with Gasteiger partial charge < -0.3 is 20.1 Å². The summed E-state index contributed by atoms with van der Waals surface area (Å²) in [6.07, 6.45) is 4.30. The highest BCUT2D eigenvalue weighted by atomic mass is 16.5. The molecule has 0 aromatic heterocycles. The van der Waals surface area contributed by atoms with Gasteiger partial charge in [0.25, 0.3) is 0 Å². The number of para-hydroxylation sites is 1. The number of aliphatic imine (C=N–C) groups is 1. The molecule has 1 rings (SSSR count). The first kappa shape index (κ1) is 18.3. The smallest absolute Gasteiger partial charge is 0.190 e. The minimum absolute atomic E-state index is 0.823. The van der Waals surface area contributed by atoms with E-state index in [0.29, 0.717) is 0 Å². The van der Waals surface area contributed by atoms with E-state index in [4.69, 9.17) is 9.47 Å². The molecule has 124 valence electrons. The van der Waals surface area contributed by atoms with E-state index >= 15 is 0 Å². The molecule has 0 amide bonds. The molecule has 0 heterocycles. The molecule has 0 spiro atoms. The molecule has 0 aliphatic rings. The number of hydrogen-bond acceptors (Lipinski definition) is 3. The van der Waals surface area contributed by atoms with Crippen LogP contribution >= 0.6 is 0 Å². The minimum Gasteiger partial charge on any atom is -0.496 e. The molecule has 0 saturated heterocycles. The predicted octanol–water partition coefficient (Wildman–Crippen LogP) is 2.22. The van der Waals surface area contributed by atoms with Gasteiger partial charge in [-0.05, 0) is 37.3 Å². The molecule has 5 heteroatoms. The van der Waals surface area contributed by atoms with Crippen LogP contribution in [0.1, 0.15) is 24.8 Å². The van der Waals surface area contributed by atoms with E-state index in [0.717, 1.165) is 50.7 Å². The Balaban J connectivity index is 2.21. The predicted molar refractivity (Wildman–Crippen MR) is 91.8 cm³/mol. The second kappa shape index (κ2) is 11.9. The van der Waals surface area contributed by atoms with Gasteiger partial charge in [0.15, 0.2) is 5.96 Å². The number of unbranched alkanes of at least 4 members (excludes halogenated alkanes) is 2. The van der Waals surface area contributed by atoms with Crippen LogP contribution in [-0.4, -0.2) is 46.9 Å². The Kier molecular flexibility index (Phi) is 9.87. The number of guanidine groups is 1. The Morgan fingerprint density at radius 1 is 1.05 bits per heavy atom. The molecular weight excluding hydrogens is 278 g/mol. The molecule has 22 heavy (non-hydrogen) atoms. The molecule has 0 saturated carbocycles. The maximum absolute atomic E-state index is 5.36. The third-order valence-corrected chi connectivity index (χ3v) is 3.42. The largest absolute Gasteiger partial charge is 0.496 e. The lowest BCUT2D eigenvalue weighted by atomic mass is 10.1. The van der Waals surface area contributed by atoms with Crippen LogP contribution in [0, 0.1) is 0 Å². The Morgan fingerprint density at radius 2 is 1.82 bits per heavy atom. The lowest BCUT2D eigenvalue weighted by molar-refractivity contribution is 0.192. The maximum atomic E-state index is 5.36. The van der Waals surface area contributed by atoms with Crippen LogP contribution in [0.5, 0.6) is 5.75 Å². The SMILES string of the molecule is CN=C(NCCCCCOC)NCCc1ccccc1OC. The molecule has 5 nitrogen and oxygen atoms in total. The summed E-state index contributed by atoms with van der Waals surface area (Å²) in [7, 11) is 5.24. The number of nitrogens with one attached hydrogen (secondary N) is 2. The zero-order chi connectivity index (χ0) is 16.0.